The van der Waals surface area contributed by atoms with E-state index in [0.29, 0.717) is 13.1 Å². The van der Waals surface area contributed by atoms with Crippen molar-refractivity contribution in [3.8, 4) is 5.75 Å². The highest BCUT2D eigenvalue weighted by atomic mass is 35.5. The zero-order chi connectivity index (χ0) is 13.4. The Morgan fingerprint density at radius 3 is 2.63 bits per heavy atom. The molecule has 0 spiro atoms. The molecular weight excluding hydrogens is 264 g/mol. The predicted molar refractivity (Wildman–Crippen MR) is 80.0 cm³/mol. The molecule has 1 aromatic rings. The van der Waals surface area contributed by atoms with Gasteiger partial charge in [-0.25, -0.2) is 0 Å². The van der Waals surface area contributed by atoms with Crippen LogP contribution in [0, 0.1) is 13.8 Å². The highest BCUT2D eigenvalue weighted by molar-refractivity contribution is 5.85. The molecule has 0 heterocycles. The molecule has 0 aliphatic rings. The molecule has 0 saturated heterocycles. The molecule has 0 radical (unpaired) electrons. The molecule has 4 nitrogen and oxygen atoms in total. The van der Waals surface area contributed by atoms with Crippen LogP contribution in [0.3, 0.4) is 0 Å². The molecule has 0 aromatic heterocycles. The van der Waals surface area contributed by atoms with Gasteiger partial charge < -0.3 is 15.8 Å². The summed E-state index contributed by atoms with van der Waals surface area (Å²) in [4.78, 5) is 11.5. The summed E-state index contributed by atoms with van der Waals surface area (Å²) in [6, 6.07) is 5.81. The number of rotatable bonds is 7. The van der Waals surface area contributed by atoms with Crippen LogP contribution in [0.5, 0.6) is 5.75 Å². The summed E-state index contributed by atoms with van der Waals surface area (Å²) in [5, 5.41) is 2.79. The summed E-state index contributed by atoms with van der Waals surface area (Å²) in [7, 11) is 0. The molecular formula is C14H23ClN2O2. The van der Waals surface area contributed by atoms with Crippen molar-refractivity contribution in [2.75, 3.05) is 19.7 Å². The Bertz CT molecular complexity index is 397. The summed E-state index contributed by atoms with van der Waals surface area (Å²) in [6.45, 7) is 5.45. The fraction of sp³-hybridized carbons (Fsp3) is 0.500. The van der Waals surface area contributed by atoms with Crippen molar-refractivity contribution in [2.45, 2.75) is 26.7 Å². The van der Waals surface area contributed by atoms with E-state index in [4.69, 9.17) is 10.5 Å². The van der Waals surface area contributed by atoms with Gasteiger partial charge in [-0.1, -0.05) is 6.07 Å². The Balaban J connectivity index is 0.00000324. The number of benzene rings is 1. The van der Waals surface area contributed by atoms with Crippen LogP contribution in [-0.2, 0) is 4.79 Å². The monoisotopic (exact) mass is 286 g/mol. The lowest BCUT2D eigenvalue weighted by Gasteiger charge is -2.08. The van der Waals surface area contributed by atoms with E-state index in [1.807, 2.05) is 32.0 Å². The van der Waals surface area contributed by atoms with E-state index >= 15 is 0 Å². The van der Waals surface area contributed by atoms with E-state index in [-0.39, 0.29) is 24.9 Å². The number of unbranched alkanes of at least 4 members (excludes halogenated alkanes) is 1. The molecule has 0 saturated carbocycles. The number of carbonyl (C=O) groups excluding carboxylic acids is 1. The second-order valence-corrected chi connectivity index (χ2v) is 4.38. The number of nitrogens with one attached hydrogen (secondary N) is 1. The maximum Gasteiger partial charge on any atom is 0.257 e. The topological polar surface area (TPSA) is 64.3 Å². The van der Waals surface area contributed by atoms with E-state index in [1.165, 1.54) is 5.56 Å². The maximum atomic E-state index is 11.5. The first-order chi connectivity index (χ1) is 8.63. The molecule has 1 aromatic carbocycles. The van der Waals surface area contributed by atoms with Crippen molar-refractivity contribution in [1.82, 2.24) is 5.32 Å². The van der Waals surface area contributed by atoms with Gasteiger partial charge in [-0.3, -0.25) is 4.79 Å². The van der Waals surface area contributed by atoms with Gasteiger partial charge in [-0.15, -0.1) is 12.4 Å². The van der Waals surface area contributed by atoms with Gasteiger partial charge in [0.25, 0.3) is 5.91 Å². The third kappa shape index (κ3) is 7.03. The molecule has 0 atom stereocenters. The minimum absolute atomic E-state index is 0. The summed E-state index contributed by atoms with van der Waals surface area (Å²) in [5.41, 5.74) is 7.75. The van der Waals surface area contributed by atoms with Crippen LogP contribution in [0.15, 0.2) is 18.2 Å². The molecule has 0 bridgehead atoms. The fourth-order valence-electron chi connectivity index (χ4n) is 1.50. The summed E-state index contributed by atoms with van der Waals surface area (Å²) >= 11 is 0. The molecule has 0 fully saturated rings. The minimum Gasteiger partial charge on any atom is -0.484 e. The van der Waals surface area contributed by atoms with Crippen molar-refractivity contribution in [3.05, 3.63) is 29.3 Å². The smallest absolute Gasteiger partial charge is 0.257 e. The van der Waals surface area contributed by atoms with Gasteiger partial charge in [-0.05, 0) is 56.5 Å². The summed E-state index contributed by atoms with van der Waals surface area (Å²) in [6.07, 6.45) is 1.84. The number of aryl methyl sites for hydroxylation is 2. The van der Waals surface area contributed by atoms with E-state index in [9.17, 15) is 4.79 Å². The van der Waals surface area contributed by atoms with Gasteiger partial charge in [0.1, 0.15) is 5.75 Å². The van der Waals surface area contributed by atoms with E-state index in [1.54, 1.807) is 0 Å². The lowest BCUT2D eigenvalue weighted by atomic mass is 10.1. The molecule has 0 aliphatic heterocycles. The predicted octanol–water partition coefficient (Wildman–Crippen LogP) is 1.96. The number of ether oxygens (including phenoxy) is 1. The number of hydrogen-bond donors (Lipinski definition) is 2. The van der Waals surface area contributed by atoms with Crippen LogP contribution >= 0.6 is 12.4 Å². The zero-order valence-electron chi connectivity index (χ0n) is 11.6. The Morgan fingerprint density at radius 1 is 1.26 bits per heavy atom. The quantitative estimate of drug-likeness (QED) is 0.753. The Kier molecular flexibility index (Phi) is 9.00. The number of amides is 1. The van der Waals surface area contributed by atoms with E-state index in [0.717, 1.165) is 24.2 Å². The van der Waals surface area contributed by atoms with Gasteiger partial charge in [0.15, 0.2) is 6.61 Å². The van der Waals surface area contributed by atoms with Crippen molar-refractivity contribution in [3.63, 3.8) is 0 Å². The lowest BCUT2D eigenvalue weighted by Crippen LogP contribution is -2.29. The maximum absolute atomic E-state index is 11.5. The molecule has 5 heteroatoms. The molecule has 108 valence electrons. The molecule has 0 aliphatic carbocycles. The molecule has 19 heavy (non-hydrogen) atoms. The molecule has 1 rings (SSSR count). The van der Waals surface area contributed by atoms with Crippen LogP contribution in [0.2, 0.25) is 0 Å². The lowest BCUT2D eigenvalue weighted by molar-refractivity contribution is -0.123. The number of carbonyl (C=O) groups is 1. The Labute approximate surface area is 121 Å². The average molecular weight is 287 g/mol. The first kappa shape index (κ1) is 17.7. The van der Waals surface area contributed by atoms with Crippen molar-refractivity contribution in [2.24, 2.45) is 5.73 Å². The van der Waals surface area contributed by atoms with Crippen molar-refractivity contribution >= 4 is 18.3 Å². The fourth-order valence-corrected chi connectivity index (χ4v) is 1.50. The molecule has 3 N–H and O–H groups in total. The van der Waals surface area contributed by atoms with Gasteiger partial charge >= 0.3 is 0 Å². The van der Waals surface area contributed by atoms with Gasteiger partial charge in [0, 0.05) is 6.54 Å². The van der Waals surface area contributed by atoms with Gasteiger partial charge in [-0.2, -0.15) is 0 Å². The Hall–Kier alpha value is -1.26. The van der Waals surface area contributed by atoms with E-state index in [2.05, 4.69) is 5.32 Å². The van der Waals surface area contributed by atoms with Gasteiger partial charge in [0.2, 0.25) is 0 Å². The van der Waals surface area contributed by atoms with Crippen LogP contribution in [0.1, 0.15) is 24.0 Å². The zero-order valence-corrected chi connectivity index (χ0v) is 12.4. The number of nitrogens with two attached hydrogens (primary N) is 1. The summed E-state index contributed by atoms with van der Waals surface area (Å²) in [5.74, 6) is 0.639. The minimum atomic E-state index is -0.0924. The molecule has 1 amide bonds. The van der Waals surface area contributed by atoms with Crippen LogP contribution in [0.4, 0.5) is 0 Å². The molecule has 0 unspecified atom stereocenters. The third-order valence-electron chi connectivity index (χ3n) is 2.80. The second kappa shape index (κ2) is 9.64. The highest BCUT2D eigenvalue weighted by Gasteiger charge is 2.02. The third-order valence-corrected chi connectivity index (χ3v) is 2.80. The Morgan fingerprint density at radius 2 is 2.00 bits per heavy atom. The standard InChI is InChI=1S/C14H22N2O2.ClH/c1-11-5-6-13(9-12(11)2)18-10-14(17)16-8-4-3-7-15;/h5-6,9H,3-4,7-8,10,15H2,1-2H3,(H,16,17);1H. The van der Waals surface area contributed by atoms with Crippen LogP contribution in [0.25, 0.3) is 0 Å². The number of halogens is 1. The number of hydrogen-bond acceptors (Lipinski definition) is 3. The van der Waals surface area contributed by atoms with Crippen LogP contribution in [-0.4, -0.2) is 25.6 Å². The second-order valence-electron chi connectivity index (χ2n) is 4.38. The van der Waals surface area contributed by atoms with Gasteiger partial charge in [0.05, 0.1) is 0 Å². The summed E-state index contributed by atoms with van der Waals surface area (Å²) < 4.78 is 5.42. The van der Waals surface area contributed by atoms with E-state index < -0.39 is 0 Å². The van der Waals surface area contributed by atoms with Crippen molar-refractivity contribution in [1.29, 1.82) is 0 Å². The SMILES string of the molecule is Cc1ccc(OCC(=O)NCCCCN)cc1C.Cl. The first-order valence-electron chi connectivity index (χ1n) is 6.30. The van der Waals surface area contributed by atoms with Crippen LogP contribution < -0.4 is 15.8 Å². The first-order valence-corrected chi connectivity index (χ1v) is 6.30. The average Bonchev–Trinajstić information content (AvgIpc) is 2.36. The van der Waals surface area contributed by atoms with Crippen molar-refractivity contribution < 1.29 is 9.53 Å². The largest absolute Gasteiger partial charge is 0.484 e. The normalized spacial score (nSPS) is 9.63. The highest BCUT2D eigenvalue weighted by Crippen LogP contribution is 2.16.